The van der Waals surface area contributed by atoms with E-state index in [9.17, 15) is 9.90 Å². The van der Waals surface area contributed by atoms with Crippen LogP contribution in [0, 0.1) is 11.3 Å². The number of piperidine rings is 1. The minimum absolute atomic E-state index is 0.0191. The molecule has 1 N–H and O–H groups in total. The van der Waals surface area contributed by atoms with Crippen LogP contribution in [0.2, 0.25) is 10.0 Å². The number of benzene rings is 2. The molecule has 0 radical (unpaired) electrons. The normalized spacial score (nSPS) is 25.2. The van der Waals surface area contributed by atoms with Crippen molar-refractivity contribution in [3.05, 3.63) is 82.4 Å². The molecule has 3 nitrogen and oxygen atoms in total. The molecular formula is C29H37Cl2NO2. The minimum atomic E-state index is -0.941. The molecule has 5 atom stereocenters. The predicted molar refractivity (Wildman–Crippen MR) is 142 cm³/mol. The summed E-state index contributed by atoms with van der Waals surface area (Å²) >= 11 is 12.7. The van der Waals surface area contributed by atoms with E-state index in [0.717, 1.165) is 17.5 Å². The first-order valence-electron chi connectivity index (χ1n) is 12.1. The summed E-state index contributed by atoms with van der Waals surface area (Å²) < 4.78 is 0. The zero-order valence-electron chi connectivity index (χ0n) is 20.9. The van der Waals surface area contributed by atoms with Crippen molar-refractivity contribution in [3.8, 4) is 0 Å². The van der Waals surface area contributed by atoms with E-state index >= 15 is 0 Å². The van der Waals surface area contributed by atoms with Gasteiger partial charge in [0, 0.05) is 27.9 Å². The first-order chi connectivity index (χ1) is 15.9. The predicted octanol–water partition coefficient (Wildman–Crippen LogP) is 7.82. The third-order valence-electron chi connectivity index (χ3n) is 7.65. The highest BCUT2D eigenvalue weighted by atomic mass is 35.5. The summed E-state index contributed by atoms with van der Waals surface area (Å²) in [7, 11) is 0. The lowest BCUT2D eigenvalue weighted by Crippen LogP contribution is -2.59. The van der Waals surface area contributed by atoms with E-state index in [2.05, 4.69) is 24.5 Å². The molecule has 1 amide bonds. The summed E-state index contributed by atoms with van der Waals surface area (Å²) in [4.78, 5) is 16.4. The molecular weight excluding hydrogens is 465 g/mol. The number of carbonyl (C=O) groups is 1. The maximum atomic E-state index is 14.3. The maximum Gasteiger partial charge on any atom is 0.229 e. The third kappa shape index (κ3) is 5.37. The van der Waals surface area contributed by atoms with E-state index in [1.54, 1.807) is 0 Å². The van der Waals surface area contributed by atoms with Crippen LogP contribution in [0.25, 0.3) is 0 Å². The number of likely N-dealkylation sites (tertiary alicyclic amines) is 1. The molecule has 3 rings (SSSR count). The average Bonchev–Trinajstić information content (AvgIpc) is 2.77. The van der Waals surface area contributed by atoms with Gasteiger partial charge in [0.1, 0.15) is 0 Å². The van der Waals surface area contributed by atoms with Crippen LogP contribution < -0.4 is 0 Å². The number of halogens is 2. The lowest BCUT2D eigenvalue weighted by molar-refractivity contribution is -0.159. The summed E-state index contributed by atoms with van der Waals surface area (Å²) in [5, 5.41) is 12.3. The second kappa shape index (κ2) is 10.4. The molecule has 2 unspecified atom stereocenters. The summed E-state index contributed by atoms with van der Waals surface area (Å²) in [5.74, 6) is -0.0125. The molecule has 0 bridgehead atoms. The zero-order valence-corrected chi connectivity index (χ0v) is 22.4. The van der Waals surface area contributed by atoms with Crippen molar-refractivity contribution >= 4 is 29.1 Å². The van der Waals surface area contributed by atoms with Gasteiger partial charge in [-0.1, -0.05) is 74.3 Å². The van der Waals surface area contributed by atoms with E-state index in [4.69, 9.17) is 23.2 Å². The van der Waals surface area contributed by atoms with Crippen LogP contribution in [0.1, 0.15) is 77.0 Å². The summed E-state index contributed by atoms with van der Waals surface area (Å²) in [6.07, 6.45) is 3.83. The standard InChI is InChI=1S/C29H37Cl2NO2/c1-7-16-29(6)18-24(21-10-9-11-23(31)17-21)26(20-12-14-22(30)15-13-20)32(27(29)33)25(8-2)19(3)28(4,5)34/h7,9-15,17,19,24-26,34H,1,8,16,18H2,2-6H3/t19-,24+,25?,26?,29-/m0/s1. The Balaban J connectivity index is 2.27. The van der Waals surface area contributed by atoms with E-state index in [1.165, 1.54) is 0 Å². The Bertz CT molecular complexity index is 1010. The Morgan fingerprint density at radius 2 is 1.82 bits per heavy atom. The second-order valence-corrected chi connectivity index (χ2v) is 11.4. The van der Waals surface area contributed by atoms with Crippen molar-refractivity contribution in [1.29, 1.82) is 0 Å². The number of aliphatic hydroxyl groups is 1. The highest BCUT2D eigenvalue weighted by Crippen LogP contribution is 2.53. The molecule has 1 saturated heterocycles. The van der Waals surface area contributed by atoms with Crippen LogP contribution in [0.5, 0.6) is 0 Å². The Hall–Kier alpha value is -1.81. The fourth-order valence-corrected chi connectivity index (χ4v) is 5.84. The van der Waals surface area contributed by atoms with Crippen LogP contribution in [-0.4, -0.2) is 27.6 Å². The van der Waals surface area contributed by atoms with Gasteiger partial charge in [-0.25, -0.2) is 0 Å². The van der Waals surface area contributed by atoms with Gasteiger partial charge in [-0.2, -0.15) is 0 Å². The summed E-state index contributed by atoms with van der Waals surface area (Å²) in [6.45, 7) is 13.8. The number of carbonyl (C=O) groups excluding carboxylic acids is 1. The monoisotopic (exact) mass is 501 g/mol. The molecule has 1 heterocycles. The Morgan fingerprint density at radius 1 is 1.18 bits per heavy atom. The topological polar surface area (TPSA) is 40.5 Å². The molecule has 0 aromatic heterocycles. The highest BCUT2D eigenvalue weighted by molar-refractivity contribution is 6.30. The van der Waals surface area contributed by atoms with Gasteiger partial charge in [-0.05, 0) is 68.5 Å². The van der Waals surface area contributed by atoms with Crippen molar-refractivity contribution in [1.82, 2.24) is 4.90 Å². The molecule has 1 aliphatic rings. The number of amides is 1. The first-order valence-corrected chi connectivity index (χ1v) is 12.9. The van der Waals surface area contributed by atoms with Crippen molar-refractivity contribution in [3.63, 3.8) is 0 Å². The number of hydrogen-bond donors (Lipinski definition) is 1. The van der Waals surface area contributed by atoms with Crippen molar-refractivity contribution in [2.45, 2.75) is 77.5 Å². The lowest BCUT2D eigenvalue weighted by Gasteiger charge is -2.54. The minimum Gasteiger partial charge on any atom is -0.390 e. The van der Waals surface area contributed by atoms with Gasteiger partial charge < -0.3 is 10.0 Å². The largest absolute Gasteiger partial charge is 0.390 e. The van der Waals surface area contributed by atoms with Crippen molar-refractivity contribution in [2.75, 3.05) is 0 Å². The molecule has 184 valence electrons. The molecule has 0 spiro atoms. The van der Waals surface area contributed by atoms with Gasteiger partial charge in [0.15, 0.2) is 0 Å². The van der Waals surface area contributed by atoms with E-state index < -0.39 is 11.0 Å². The fourth-order valence-electron chi connectivity index (χ4n) is 5.51. The van der Waals surface area contributed by atoms with Gasteiger partial charge in [-0.15, -0.1) is 6.58 Å². The van der Waals surface area contributed by atoms with Crippen LogP contribution >= 0.6 is 23.2 Å². The van der Waals surface area contributed by atoms with Crippen LogP contribution in [0.3, 0.4) is 0 Å². The molecule has 1 fully saturated rings. The Kier molecular flexibility index (Phi) is 8.22. The quantitative estimate of drug-likeness (QED) is 0.374. The fraction of sp³-hybridized carbons (Fsp3) is 0.483. The Morgan fingerprint density at radius 3 is 2.35 bits per heavy atom. The van der Waals surface area contributed by atoms with Crippen LogP contribution in [-0.2, 0) is 4.79 Å². The van der Waals surface area contributed by atoms with Crippen molar-refractivity contribution < 1.29 is 9.90 Å². The molecule has 0 saturated carbocycles. The van der Waals surface area contributed by atoms with E-state index in [-0.39, 0.29) is 29.8 Å². The van der Waals surface area contributed by atoms with Gasteiger partial charge in [-0.3, -0.25) is 4.79 Å². The first kappa shape index (κ1) is 26.8. The van der Waals surface area contributed by atoms with Crippen LogP contribution in [0.4, 0.5) is 0 Å². The average molecular weight is 503 g/mol. The molecule has 2 aromatic rings. The Labute approximate surface area is 214 Å². The number of hydrogen-bond acceptors (Lipinski definition) is 2. The number of rotatable bonds is 8. The zero-order chi connectivity index (χ0) is 25.3. The summed E-state index contributed by atoms with van der Waals surface area (Å²) in [5.41, 5.74) is 0.587. The molecule has 2 aromatic carbocycles. The van der Waals surface area contributed by atoms with Gasteiger partial charge in [0.25, 0.3) is 0 Å². The van der Waals surface area contributed by atoms with Crippen molar-refractivity contribution in [2.24, 2.45) is 11.3 Å². The van der Waals surface area contributed by atoms with Gasteiger partial charge in [0.2, 0.25) is 5.91 Å². The molecule has 1 aliphatic heterocycles. The molecule has 0 aliphatic carbocycles. The second-order valence-electron chi connectivity index (χ2n) is 10.5. The number of nitrogens with zero attached hydrogens (tertiary/aromatic N) is 1. The highest BCUT2D eigenvalue weighted by Gasteiger charge is 2.52. The van der Waals surface area contributed by atoms with Gasteiger partial charge in [0.05, 0.1) is 17.1 Å². The molecule has 34 heavy (non-hydrogen) atoms. The van der Waals surface area contributed by atoms with E-state index in [0.29, 0.717) is 22.9 Å². The van der Waals surface area contributed by atoms with E-state index in [1.807, 2.05) is 76.2 Å². The molecule has 5 heteroatoms. The smallest absolute Gasteiger partial charge is 0.229 e. The maximum absolute atomic E-state index is 14.3. The van der Waals surface area contributed by atoms with Crippen LogP contribution in [0.15, 0.2) is 61.2 Å². The SMILES string of the molecule is C=CC[C@@]1(C)C[C@H](c2cccc(Cl)c2)C(c2ccc(Cl)cc2)N(C(CC)[C@H](C)C(C)(C)O)C1=O. The van der Waals surface area contributed by atoms with Gasteiger partial charge >= 0.3 is 0 Å². The third-order valence-corrected chi connectivity index (χ3v) is 8.14. The summed E-state index contributed by atoms with van der Waals surface area (Å²) in [6, 6.07) is 15.4. The number of allylic oxidation sites excluding steroid dienone is 1. The lowest BCUT2D eigenvalue weighted by atomic mass is 9.66.